The Hall–Kier alpha value is -0.120. The summed E-state index contributed by atoms with van der Waals surface area (Å²) >= 11 is 0. The molecule has 114 valence electrons. The zero-order chi connectivity index (χ0) is 14.1. The largest absolute Gasteiger partial charge is 0.315 e. The van der Waals surface area contributed by atoms with Crippen molar-refractivity contribution in [2.45, 2.75) is 64.5 Å². The normalized spacial score (nSPS) is 18.6. The van der Waals surface area contributed by atoms with Gasteiger partial charge < -0.3 is 15.1 Å². The van der Waals surface area contributed by atoms with Gasteiger partial charge in [0.1, 0.15) is 0 Å². The van der Waals surface area contributed by atoms with Crippen molar-refractivity contribution in [3.63, 3.8) is 0 Å². The van der Waals surface area contributed by atoms with Gasteiger partial charge in [0.05, 0.1) is 0 Å². The lowest BCUT2D eigenvalue weighted by Gasteiger charge is -2.35. The molecule has 1 heterocycles. The minimum absolute atomic E-state index is 0.637. The Balaban J connectivity index is 1.91. The SMILES string of the molecule is CC(C)NCCCCCCN1CCC(N(C)C)CC1. The van der Waals surface area contributed by atoms with Gasteiger partial charge in [0.25, 0.3) is 0 Å². The standard InChI is InChI=1S/C16H35N3/c1-15(2)17-11-7-5-6-8-12-19-13-9-16(10-14-19)18(3)4/h15-17H,5-14H2,1-4H3. The van der Waals surface area contributed by atoms with Crippen LogP contribution >= 0.6 is 0 Å². The van der Waals surface area contributed by atoms with Gasteiger partial charge in [0.15, 0.2) is 0 Å². The summed E-state index contributed by atoms with van der Waals surface area (Å²) in [7, 11) is 4.43. The highest BCUT2D eigenvalue weighted by Gasteiger charge is 2.19. The summed E-state index contributed by atoms with van der Waals surface area (Å²) in [5.74, 6) is 0. The molecule has 0 amide bonds. The lowest BCUT2D eigenvalue weighted by molar-refractivity contribution is 0.143. The van der Waals surface area contributed by atoms with Crippen molar-refractivity contribution in [1.82, 2.24) is 15.1 Å². The highest BCUT2D eigenvalue weighted by molar-refractivity contribution is 4.76. The molecule has 0 aliphatic carbocycles. The molecule has 19 heavy (non-hydrogen) atoms. The molecule has 0 atom stereocenters. The fraction of sp³-hybridized carbons (Fsp3) is 1.00. The van der Waals surface area contributed by atoms with Crippen LogP contribution in [0.4, 0.5) is 0 Å². The summed E-state index contributed by atoms with van der Waals surface area (Å²) in [5, 5.41) is 3.49. The van der Waals surface area contributed by atoms with Gasteiger partial charge >= 0.3 is 0 Å². The van der Waals surface area contributed by atoms with E-state index in [2.05, 4.69) is 43.1 Å². The molecule has 1 N–H and O–H groups in total. The molecular weight excluding hydrogens is 234 g/mol. The first kappa shape index (κ1) is 16.9. The Labute approximate surface area is 120 Å². The van der Waals surface area contributed by atoms with Crippen LogP contribution in [0.1, 0.15) is 52.4 Å². The molecule has 3 nitrogen and oxygen atoms in total. The first-order valence-electron chi connectivity index (χ1n) is 8.21. The zero-order valence-corrected chi connectivity index (χ0v) is 13.6. The maximum absolute atomic E-state index is 3.49. The van der Waals surface area contributed by atoms with E-state index in [1.54, 1.807) is 0 Å². The highest BCUT2D eigenvalue weighted by atomic mass is 15.2. The fourth-order valence-electron chi connectivity index (χ4n) is 2.86. The quantitative estimate of drug-likeness (QED) is 0.649. The van der Waals surface area contributed by atoms with Gasteiger partial charge in [-0.25, -0.2) is 0 Å². The third-order valence-corrected chi connectivity index (χ3v) is 4.24. The van der Waals surface area contributed by atoms with E-state index >= 15 is 0 Å². The molecule has 1 saturated heterocycles. The lowest BCUT2D eigenvalue weighted by atomic mass is 10.0. The number of likely N-dealkylation sites (tertiary alicyclic amines) is 1. The van der Waals surface area contributed by atoms with Crippen LogP contribution in [0.3, 0.4) is 0 Å². The second kappa shape index (κ2) is 9.73. The number of nitrogens with zero attached hydrogens (tertiary/aromatic N) is 2. The van der Waals surface area contributed by atoms with Gasteiger partial charge in [-0.1, -0.05) is 26.7 Å². The number of piperidine rings is 1. The predicted molar refractivity (Wildman–Crippen MR) is 84.8 cm³/mol. The topological polar surface area (TPSA) is 18.5 Å². The van der Waals surface area contributed by atoms with Crippen LogP contribution in [0.25, 0.3) is 0 Å². The second-order valence-corrected chi connectivity index (χ2v) is 6.56. The summed E-state index contributed by atoms with van der Waals surface area (Å²) in [6.45, 7) is 9.55. The summed E-state index contributed by atoms with van der Waals surface area (Å²) in [4.78, 5) is 5.05. The van der Waals surface area contributed by atoms with Crippen LogP contribution in [-0.4, -0.2) is 62.2 Å². The van der Waals surface area contributed by atoms with Crippen molar-refractivity contribution in [1.29, 1.82) is 0 Å². The summed E-state index contributed by atoms with van der Waals surface area (Å²) in [6.07, 6.45) is 8.20. The zero-order valence-electron chi connectivity index (χ0n) is 13.6. The minimum atomic E-state index is 0.637. The first-order chi connectivity index (χ1) is 9.09. The number of nitrogens with one attached hydrogen (secondary N) is 1. The summed E-state index contributed by atoms with van der Waals surface area (Å²) in [6, 6.07) is 1.45. The first-order valence-corrected chi connectivity index (χ1v) is 8.21. The Kier molecular flexibility index (Phi) is 8.67. The van der Waals surface area contributed by atoms with Crippen LogP contribution < -0.4 is 5.32 Å². The van der Waals surface area contributed by atoms with E-state index in [1.165, 1.54) is 64.7 Å². The Bertz CT molecular complexity index is 208. The third-order valence-electron chi connectivity index (χ3n) is 4.24. The van der Waals surface area contributed by atoms with Gasteiger partial charge in [0, 0.05) is 12.1 Å². The van der Waals surface area contributed by atoms with E-state index in [1.807, 2.05) is 0 Å². The Morgan fingerprint density at radius 1 is 1.05 bits per heavy atom. The van der Waals surface area contributed by atoms with Crippen molar-refractivity contribution >= 4 is 0 Å². The molecule has 0 saturated carbocycles. The smallest absolute Gasteiger partial charge is 0.0113 e. The van der Waals surface area contributed by atoms with Crippen molar-refractivity contribution in [3.05, 3.63) is 0 Å². The number of rotatable bonds is 9. The Morgan fingerprint density at radius 2 is 1.68 bits per heavy atom. The lowest BCUT2D eigenvalue weighted by Crippen LogP contribution is -2.42. The van der Waals surface area contributed by atoms with Crippen molar-refractivity contribution in [2.24, 2.45) is 0 Å². The summed E-state index contributed by atoms with van der Waals surface area (Å²) < 4.78 is 0. The second-order valence-electron chi connectivity index (χ2n) is 6.56. The number of unbranched alkanes of at least 4 members (excludes halogenated alkanes) is 3. The molecule has 0 aromatic carbocycles. The van der Waals surface area contributed by atoms with Crippen LogP contribution in [0.5, 0.6) is 0 Å². The minimum Gasteiger partial charge on any atom is -0.315 e. The van der Waals surface area contributed by atoms with E-state index in [9.17, 15) is 0 Å². The van der Waals surface area contributed by atoms with Gasteiger partial charge in [-0.3, -0.25) is 0 Å². The van der Waals surface area contributed by atoms with E-state index in [0.717, 1.165) is 6.04 Å². The number of hydrogen-bond acceptors (Lipinski definition) is 3. The van der Waals surface area contributed by atoms with Crippen LogP contribution in [0.15, 0.2) is 0 Å². The van der Waals surface area contributed by atoms with Crippen LogP contribution in [0.2, 0.25) is 0 Å². The van der Waals surface area contributed by atoms with Crippen molar-refractivity contribution in [3.8, 4) is 0 Å². The fourth-order valence-corrected chi connectivity index (χ4v) is 2.86. The molecular formula is C16H35N3. The maximum Gasteiger partial charge on any atom is 0.0113 e. The van der Waals surface area contributed by atoms with Crippen LogP contribution in [0, 0.1) is 0 Å². The molecule has 3 heteroatoms. The molecule has 1 aliphatic rings. The molecule has 0 radical (unpaired) electrons. The Morgan fingerprint density at radius 3 is 2.26 bits per heavy atom. The average molecular weight is 269 g/mol. The van der Waals surface area contributed by atoms with Crippen molar-refractivity contribution < 1.29 is 0 Å². The van der Waals surface area contributed by atoms with E-state index in [4.69, 9.17) is 0 Å². The van der Waals surface area contributed by atoms with E-state index in [0.29, 0.717) is 6.04 Å². The molecule has 0 bridgehead atoms. The van der Waals surface area contributed by atoms with Gasteiger partial charge in [-0.2, -0.15) is 0 Å². The third kappa shape index (κ3) is 7.91. The van der Waals surface area contributed by atoms with Gasteiger partial charge in [-0.15, -0.1) is 0 Å². The van der Waals surface area contributed by atoms with Gasteiger partial charge in [0.2, 0.25) is 0 Å². The van der Waals surface area contributed by atoms with Crippen molar-refractivity contribution in [2.75, 3.05) is 40.3 Å². The predicted octanol–water partition coefficient (Wildman–Crippen LogP) is 2.57. The van der Waals surface area contributed by atoms with Gasteiger partial charge in [-0.05, 0) is 66.0 Å². The average Bonchev–Trinajstić information content (AvgIpc) is 2.38. The molecule has 0 aromatic rings. The summed E-state index contributed by atoms with van der Waals surface area (Å²) in [5.41, 5.74) is 0. The molecule has 1 rings (SSSR count). The van der Waals surface area contributed by atoms with E-state index < -0.39 is 0 Å². The van der Waals surface area contributed by atoms with E-state index in [-0.39, 0.29) is 0 Å². The molecule has 0 spiro atoms. The highest BCUT2D eigenvalue weighted by Crippen LogP contribution is 2.14. The number of hydrogen-bond donors (Lipinski definition) is 1. The maximum atomic E-state index is 3.49. The molecule has 1 fully saturated rings. The molecule has 0 aromatic heterocycles. The molecule has 1 aliphatic heterocycles. The molecule has 0 unspecified atom stereocenters. The monoisotopic (exact) mass is 269 g/mol. The van der Waals surface area contributed by atoms with Crippen LogP contribution in [-0.2, 0) is 0 Å².